The summed E-state index contributed by atoms with van der Waals surface area (Å²) in [5.74, 6) is -0.448. The first kappa shape index (κ1) is 22.3. The molecule has 0 bridgehead atoms. The third kappa shape index (κ3) is 4.48. The number of thiazole rings is 1. The molecule has 0 N–H and O–H groups in total. The van der Waals surface area contributed by atoms with E-state index in [4.69, 9.17) is 4.42 Å². The summed E-state index contributed by atoms with van der Waals surface area (Å²) in [7, 11) is 0. The van der Waals surface area contributed by atoms with E-state index < -0.39 is 5.82 Å². The van der Waals surface area contributed by atoms with Crippen LogP contribution in [0.25, 0.3) is 21.9 Å². The molecule has 5 rings (SSSR count). The van der Waals surface area contributed by atoms with Crippen LogP contribution in [0.2, 0.25) is 0 Å². The molecule has 174 valence electrons. The van der Waals surface area contributed by atoms with Crippen LogP contribution >= 0.6 is 11.3 Å². The van der Waals surface area contributed by atoms with Gasteiger partial charge in [0, 0.05) is 19.0 Å². The molecule has 34 heavy (non-hydrogen) atoms. The van der Waals surface area contributed by atoms with Crippen molar-refractivity contribution in [2.75, 3.05) is 6.54 Å². The number of piperidine rings is 1. The van der Waals surface area contributed by atoms with Crippen molar-refractivity contribution in [3.8, 4) is 21.9 Å². The molecule has 1 unspecified atom stereocenters. The van der Waals surface area contributed by atoms with Crippen LogP contribution in [0.15, 0.2) is 52.9 Å². The fourth-order valence-corrected chi connectivity index (χ4v) is 5.18. The highest BCUT2D eigenvalue weighted by Gasteiger charge is 2.32. The smallest absolute Gasteiger partial charge is 0.274 e. The first-order valence-electron chi connectivity index (χ1n) is 11.1. The van der Waals surface area contributed by atoms with Crippen molar-refractivity contribution in [1.29, 1.82) is 0 Å². The number of carbonyl (C=O) groups is 1. The molecule has 4 aromatic rings. The quantitative estimate of drug-likeness (QED) is 0.367. The molecule has 0 saturated carbocycles. The van der Waals surface area contributed by atoms with E-state index >= 15 is 0 Å². The standard InChI is InChI=1S/C25H22F2N4O2S/c1-15-28-22(23(34-15)16-9-11-17(26)12-10-16)25(32)31-13-5-4-6-18(31)14-21-29-30-24(33-21)19-7-2-3-8-20(19)27/h2-3,7-12,18H,4-6,13-14H2,1H3. The lowest BCUT2D eigenvalue weighted by molar-refractivity contribution is 0.0601. The van der Waals surface area contributed by atoms with Gasteiger partial charge in [-0.3, -0.25) is 4.79 Å². The van der Waals surface area contributed by atoms with Gasteiger partial charge in [-0.15, -0.1) is 21.5 Å². The third-order valence-electron chi connectivity index (χ3n) is 5.91. The van der Waals surface area contributed by atoms with E-state index in [1.165, 1.54) is 29.5 Å². The number of nitrogens with zero attached hydrogens (tertiary/aromatic N) is 4. The summed E-state index contributed by atoms with van der Waals surface area (Å²) in [6, 6.07) is 12.2. The van der Waals surface area contributed by atoms with Gasteiger partial charge in [0.05, 0.1) is 15.4 Å². The Balaban J connectivity index is 1.39. The number of aryl methyl sites for hydroxylation is 1. The second kappa shape index (κ2) is 9.42. The first-order valence-corrected chi connectivity index (χ1v) is 11.9. The number of likely N-dealkylation sites (tertiary alicyclic amines) is 1. The van der Waals surface area contributed by atoms with Crippen LogP contribution in [-0.2, 0) is 6.42 Å². The van der Waals surface area contributed by atoms with Crippen molar-refractivity contribution in [3.63, 3.8) is 0 Å². The lowest BCUT2D eigenvalue weighted by Gasteiger charge is -2.35. The molecule has 0 radical (unpaired) electrons. The maximum absolute atomic E-state index is 14.1. The van der Waals surface area contributed by atoms with Crippen molar-refractivity contribution >= 4 is 17.2 Å². The molecule has 2 aromatic carbocycles. The second-order valence-electron chi connectivity index (χ2n) is 8.25. The Kier molecular flexibility index (Phi) is 6.19. The SMILES string of the molecule is Cc1nc(C(=O)N2CCCCC2Cc2nnc(-c3ccccc3F)o2)c(-c2ccc(F)cc2)s1. The summed E-state index contributed by atoms with van der Waals surface area (Å²) in [6.45, 7) is 2.45. The molecule has 1 aliphatic heterocycles. The average Bonchev–Trinajstić information content (AvgIpc) is 3.46. The summed E-state index contributed by atoms with van der Waals surface area (Å²) < 4.78 is 33.3. The Hall–Kier alpha value is -3.46. The van der Waals surface area contributed by atoms with Gasteiger partial charge in [0.15, 0.2) is 0 Å². The van der Waals surface area contributed by atoms with Crippen LogP contribution in [0.4, 0.5) is 8.78 Å². The molecule has 1 saturated heterocycles. The molecular formula is C25H22F2N4O2S. The van der Waals surface area contributed by atoms with Crippen LogP contribution in [0.3, 0.4) is 0 Å². The van der Waals surface area contributed by atoms with Crippen molar-refractivity contribution in [3.05, 3.63) is 76.8 Å². The molecule has 0 aliphatic carbocycles. The molecule has 3 heterocycles. The lowest BCUT2D eigenvalue weighted by Crippen LogP contribution is -2.45. The van der Waals surface area contributed by atoms with Gasteiger partial charge in [-0.1, -0.05) is 24.3 Å². The van der Waals surface area contributed by atoms with Gasteiger partial charge < -0.3 is 9.32 Å². The molecule has 2 aromatic heterocycles. The summed E-state index contributed by atoms with van der Waals surface area (Å²) >= 11 is 1.42. The number of rotatable bonds is 5. The number of carbonyl (C=O) groups excluding carboxylic acids is 1. The van der Waals surface area contributed by atoms with Gasteiger partial charge in [0.2, 0.25) is 5.89 Å². The van der Waals surface area contributed by atoms with Gasteiger partial charge in [-0.2, -0.15) is 0 Å². The Labute approximate surface area is 199 Å². The summed E-state index contributed by atoms with van der Waals surface area (Å²) in [6.07, 6.45) is 3.03. The number of amides is 1. The Morgan fingerprint density at radius 2 is 1.91 bits per heavy atom. The van der Waals surface area contributed by atoms with Crippen molar-refractivity contribution in [2.45, 2.75) is 38.6 Å². The van der Waals surface area contributed by atoms with Crippen molar-refractivity contribution < 1.29 is 18.0 Å². The number of hydrogen-bond acceptors (Lipinski definition) is 6. The molecular weight excluding hydrogens is 458 g/mol. The zero-order valence-corrected chi connectivity index (χ0v) is 19.3. The molecule has 9 heteroatoms. The zero-order chi connectivity index (χ0) is 23.7. The summed E-state index contributed by atoms with van der Waals surface area (Å²) in [4.78, 5) is 20.7. The summed E-state index contributed by atoms with van der Waals surface area (Å²) in [5.41, 5.74) is 1.38. The normalized spacial score (nSPS) is 16.1. The fourth-order valence-electron chi connectivity index (χ4n) is 4.27. The highest BCUT2D eigenvalue weighted by Crippen LogP contribution is 2.33. The minimum atomic E-state index is -0.431. The van der Waals surface area contributed by atoms with E-state index in [0.717, 1.165) is 34.7 Å². The molecule has 1 aliphatic rings. The monoisotopic (exact) mass is 480 g/mol. The van der Waals surface area contributed by atoms with Crippen LogP contribution in [-0.4, -0.2) is 38.6 Å². The zero-order valence-electron chi connectivity index (χ0n) is 18.5. The maximum atomic E-state index is 14.1. The second-order valence-corrected chi connectivity index (χ2v) is 9.45. The summed E-state index contributed by atoms with van der Waals surface area (Å²) in [5, 5.41) is 8.87. The predicted molar refractivity (Wildman–Crippen MR) is 124 cm³/mol. The van der Waals surface area contributed by atoms with Gasteiger partial charge in [-0.05, 0) is 56.0 Å². The van der Waals surface area contributed by atoms with Crippen LogP contribution in [0.5, 0.6) is 0 Å². The van der Waals surface area contributed by atoms with Crippen LogP contribution in [0.1, 0.15) is 40.6 Å². The number of benzene rings is 2. The van der Waals surface area contributed by atoms with Crippen LogP contribution < -0.4 is 0 Å². The molecule has 1 fully saturated rings. The highest BCUT2D eigenvalue weighted by molar-refractivity contribution is 7.15. The van der Waals surface area contributed by atoms with E-state index in [2.05, 4.69) is 15.2 Å². The lowest BCUT2D eigenvalue weighted by atomic mass is 9.98. The van der Waals surface area contributed by atoms with Crippen molar-refractivity contribution in [2.24, 2.45) is 0 Å². The number of hydrogen-bond donors (Lipinski definition) is 0. The number of aromatic nitrogens is 3. The predicted octanol–water partition coefficient (Wildman–Crippen LogP) is 5.68. The Morgan fingerprint density at radius 1 is 1.12 bits per heavy atom. The van der Waals surface area contributed by atoms with E-state index in [0.29, 0.717) is 24.6 Å². The maximum Gasteiger partial charge on any atom is 0.274 e. The fraction of sp³-hybridized carbons (Fsp3) is 0.280. The van der Waals surface area contributed by atoms with Gasteiger partial charge in [0.1, 0.15) is 17.3 Å². The average molecular weight is 481 g/mol. The highest BCUT2D eigenvalue weighted by atomic mass is 32.1. The Bertz CT molecular complexity index is 1320. The largest absolute Gasteiger partial charge is 0.421 e. The van der Waals surface area contributed by atoms with Gasteiger partial charge >= 0.3 is 0 Å². The van der Waals surface area contributed by atoms with E-state index in [1.807, 2.05) is 11.8 Å². The Morgan fingerprint density at radius 3 is 2.71 bits per heavy atom. The van der Waals surface area contributed by atoms with Gasteiger partial charge in [0.25, 0.3) is 11.8 Å². The minimum absolute atomic E-state index is 0.121. The van der Waals surface area contributed by atoms with Gasteiger partial charge in [-0.25, -0.2) is 13.8 Å². The van der Waals surface area contributed by atoms with Crippen molar-refractivity contribution in [1.82, 2.24) is 20.1 Å². The van der Waals surface area contributed by atoms with Crippen LogP contribution in [0, 0.1) is 18.6 Å². The topological polar surface area (TPSA) is 72.1 Å². The molecule has 1 atom stereocenters. The van der Waals surface area contributed by atoms with E-state index in [1.54, 1.807) is 30.3 Å². The molecule has 6 nitrogen and oxygen atoms in total. The molecule has 1 amide bonds. The van der Waals surface area contributed by atoms with E-state index in [9.17, 15) is 13.6 Å². The molecule has 0 spiro atoms. The first-order chi connectivity index (χ1) is 16.5. The van der Waals surface area contributed by atoms with E-state index in [-0.39, 0.29) is 29.2 Å². The number of halogens is 2. The minimum Gasteiger partial charge on any atom is -0.421 e. The third-order valence-corrected chi connectivity index (χ3v) is 6.93.